The Labute approximate surface area is 126 Å². The molecule has 4 nitrogen and oxygen atoms in total. The number of nitrogens with one attached hydrogen (secondary N) is 1. The molecule has 2 heterocycles. The average Bonchev–Trinajstić information content (AvgIpc) is 2.93. The molecule has 0 bridgehead atoms. The number of aromatic nitrogens is 2. The minimum atomic E-state index is 0.589. The van der Waals surface area contributed by atoms with E-state index in [0.717, 1.165) is 33.4 Å². The van der Waals surface area contributed by atoms with Crippen LogP contribution >= 0.6 is 22.6 Å². The molecule has 1 aliphatic carbocycles. The van der Waals surface area contributed by atoms with Crippen molar-refractivity contribution in [2.24, 2.45) is 5.92 Å². The Hall–Kier alpha value is -1.11. The van der Waals surface area contributed by atoms with Crippen LogP contribution in [0.5, 0.6) is 0 Å². The molecule has 2 aromatic rings. The number of furan rings is 1. The van der Waals surface area contributed by atoms with Gasteiger partial charge in [0.25, 0.3) is 0 Å². The molecule has 2 aromatic heterocycles. The minimum Gasteiger partial charge on any atom is -0.457 e. The van der Waals surface area contributed by atoms with E-state index < -0.39 is 0 Å². The molecule has 1 N–H and O–H groups in total. The van der Waals surface area contributed by atoms with Gasteiger partial charge in [-0.05, 0) is 54.0 Å². The second-order valence-corrected chi connectivity index (χ2v) is 6.10. The Bertz CT molecular complexity index is 596. The number of hydrogen-bond donors (Lipinski definition) is 1. The molecular weight excluding hydrogens is 353 g/mol. The van der Waals surface area contributed by atoms with Crippen molar-refractivity contribution in [2.75, 3.05) is 11.9 Å². The maximum absolute atomic E-state index is 5.88. The highest BCUT2D eigenvalue weighted by molar-refractivity contribution is 14.1. The third-order valence-corrected chi connectivity index (χ3v) is 4.20. The van der Waals surface area contributed by atoms with Gasteiger partial charge >= 0.3 is 0 Å². The van der Waals surface area contributed by atoms with Gasteiger partial charge in [0.05, 0.1) is 3.57 Å². The van der Waals surface area contributed by atoms with Gasteiger partial charge in [-0.25, -0.2) is 9.97 Å². The van der Waals surface area contributed by atoms with Crippen LogP contribution in [0.4, 0.5) is 5.82 Å². The number of rotatable bonds is 4. The number of halogens is 1. The fourth-order valence-electron chi connectivity index (χ4n) is 2.17. The van der Waals surface area contributed by atoms with Gasteiger partial charge in [0, 0.05) is 18.7 Å². The van der Waals surface area contributed by atoms with E-state index in [1.165, 1.54) is 6.42 Å². The van der Waals surface area contributed by atoms with Crippen LogP contribution in [-0.4, -0.2) is 16.5 Å². The monoisotopic (exact) mass is 369 g/mol. The van der Waals surface area contributed by atoms with Gasteiger partial charge in [0.1, 0.15) is 11.6 Å². The van der Waals surface area contributed by atoms with Gasteiger partial charge < -0.3 is 9.73 Å². The van der Waals surface area contributed by atoms with Gasteiger partial charge in [-0.3, -0.25) is 0 Å². The van der Waals surface area contributed by atoms with Crippen LogP contribution in [0.3, 0.4) is 0 Å². The smallest absolute Gasteiger partial charge is 0.197 e. The summed E-state index contributed by atoms with van der Waals surface area (Å²) in [6.07, 6.45) is 3.05. The van der Waals surface area contributed by atoms with E-state index >= 15 is 0 Å². The molecule has 0 aliphatic heterocycles. The van der Waals surface area contributed by atoms with Crippen molar-refractivity contribution >= 4 is 28.4 Å². The molecule has 1 aliphatic rings. The molecule has 1 fully saturated rings. The van der Waals surface area contributed by atoms with Gasteiger partial charge in [0.2, 0.25) is 0 Å². The Balaban J connectivity index is 1.89. The standard InChI is InChI=1S/C14H16IN3O/c1-3-16-13-10(15)7-17-14(18-13)12-5-4-11(19-12)9-6-8(9)2/h4-5,7-9H,3,6H2,1-2H3,(H,16,17,18). The predicted octanol–water partition coefficient (Wildman–Crippen LogP) is 3.90. The van der Waals surface area contributed by atoms with E-state index in [9.17, 15) is 0 Å². The van der Waals surface area contributed by atoms with Crippen molar-refractivity contribution in [3.05, 3.63) is 27.7 Å². The molecule has 5 heteroatoms. The van der Waals surface area contributed by atoms with E-state index in [1.807, 2.05) is 12.3 Å². The van der Waals surface area contributed by atoms with Crippen LogP contribution in [0.2, 0.25) is 0 Å². The van der Waals surface area contributed by atoms with Crippen molar-refractivity contribution in [3.63, 3.8) is 0 Å². The lowest BCUT2D eigenvalue weighted by atomic mass is 10.3. The third-order valence-electron chi connectivity index (χ3n) is 3.41. The average molecular weight is 369 g/mol. The maximum Gasteiger partial charge on any atom is 0.197 e. The first-order valence-electron chi connectivity index (χ1n) is 6.55. The Kier molecular flexibility index (Phi) is 3.47. The highest BCUT2D eigenvalue weighted by atomic mass is 127. The van der Waals surface area contributed by atoms with Crippen LogP contribution in [0.1, 0.15) is 31.9 Å². The number of nitrogens with zero attached hydrogens (tertiary/aromatic N) is 2. The normalized spacial score (nSPS) is 21.4. The van der Waals surface area contributed by atoms with E-state index in [1.54, 1.807) is 0 Å². The first kappa shape index (κ1) is 12.9. The first-order chi connectivity index (χ1) is 9.19. The summed E-state index contributed by atoms with van der Waals surface area (Å²) in [5, 5.41) is 3.23. The zero-order valence-corrected chi connectivity index (χ0v) is 13.1. The van der Waals surface area contributed by atoms with Crippen LogP contribution < -0.4 is 5.32 Å². The summed E-state index contributed by atoms with van der Waals surface area (Å²) in [6, 6.07) is 4.02. The molecule has 0 aromatic carbocycles. The van der Waals surface area contributed by atoms with Crippen molar-refractivity contribution in [1.82, 2.24) is 9.97 Å². The molecule has 3 rings (SSSR count). The van der Waals surface area contributed by atoms with Gasteiger partial charge in [-0.2, -0.15) is 0 Å². The van der Waals surface area contributed by atoms with Crippen LogP contribution in [0.15, 0.2) is 22.7 Å². The lowest BCUT2D eigenvalue weighted by Crippen LogP contribution is -2.03. The van der Waals surface area contributed by atoms with E-state index in [2.05, 4.69) is 57.8 Å². The number of anilines is 1. The maximum atomic E-state index is 5.88. The molecule has 2 atom stereocenters. The molecule has 0 saturated heterocycles. The molecular formula is C14H16IN3O. The number of hydrogen-bond acceptors (Lipinski definition) is 4. The summed E-state index contributed by atoms with van der Waals surface area (Å²) in [5.74, 6) is 4.67. The van der Waals surface area contributed by atoms with Crippen LogP contribution in [0.25, 0.3) is 11.6 Å². The highest BCUT2D eigenvalue weighted by Gasteiger charge is 2.36. The van der Waals surface area contributed by atoms with Crippen molar-refractivity contribution < 1.29 is 4.42 Å². The van der Waals surface area contributed by atoms with Gasteiger partial charge in [-0.1, -0.05) is 6.92 Å². The zero-order valence-electron chi connectivity index (χ0n) is 11.0. The van der Waals surface area contributed by atoms with Crippen molar-refractivity contribution in [2.45, 2.75) is 26.2 Å². The Morgan fingerprint density at radius 2 is 2.26 bits per heavy atom. The fraction of sp³-hybridized carbons (Fsp3) is 0.429. The molecule has 1 saturated carbocycles. The van der Waals surface area contributed by atoms with Crippen molar-refractivity contribution in [3.8, 4) is 11.6 Å². The largest absolute Gasteiger partial charge is 0.457 e. The minimum absolute atomic E-state index is 0.589. The van der Waals surface area contributed by atoms with Gasteiger partial charge in [-0.15, -0.1) is 0 Å². The highest BCUT2D eigenvalue weighted by Crippen LogP contribution is 2.47. The molecule has 0 radical (unpaired) electrons. The topological polar surface area (TPSA) is 51.0 Å². The molecule has 0 spiro atoms. The summed E-state index contributed by atoms with van der Waals surface area (Å²) < 4.78 is 6.90. The second-order valence-electron chi connectivity index (χ2n) is 4.94. The SMILES string of the molecule is CCNc1nc(-c2ccc(C3CC3C)o2)ncc1I. The summed E-state index contributed by atoms with van der Waals surface area (Å²) in [5.41, 5.74) is 0. The van der Waals surface area contributed by atoms with E-state index in [-0.39, 0.29) is 0 Å². The molecule has 100 valence electrons. The summed E-state index contributed by atoms with van der Waals surface area (Å²) in [4.78, 5) is 8.87. The van der Waals surface area contributed by atoms with Crippen molar-refractivity contribution in [1.29, 1.82) is 0 Å². The lowest BCUT2D eigenvalue weighted by molar-refractivity contribution is 0.515. The second kappa shape index (κ2) is 5.11. The molecule has 19 heavy (non-hydrogen) atoms. The Morgan fingerprint density at radius 1 is 1.47 bits per heavy atom. The zero-order chi connectivity index (χ0) is 13.4. The first-order valence-corrected chi connectivity index (χ1v) is 7.63. The predicted molar refractivity (Wildman–Crippen MR) is 83.1 cm³/mol. The lowest BCUT2D eigenvalue weighted by Gasteiger charge is -2.05. The van der Waals surface area contributed by atoms with Crippen LogP contribution in [0, 0.1) is 9.49 Å². The molecule has 0 amide bonds. The van der Waals surface area contributed by atoms with Crippen LogP contribution in [-0.2, 0) is 0 Å². The quantitative estimate of drug-likeness (QED) is 0.831. The Morgan fingerprint density at radius 3 is 2.95 bits per heavy atom. The van der Waals surface area contributed by atoms with Gasteiger partial charge in [0.15, 0.2) is 11.6 Å². The van der Waals surface area contributed by atoms with E-state index in [0.29, 0.717) is 11.7 Å². The summed E-state index contributed by atoms with van der Waals surface area (Å²) >= 11 is 2.23. The molecule has 2 unspecified atom stereocenters. The third kappa shape index (κ3) is 2.61. The fourth-order valence-corrected chi connectivity index (χ4v) is 2.62. The van der Waals surface area contributed by atoms with E-state index in [4.69, 9.17) is 4.42 Å². The summed E-state index contributed by atoms with van der Waals surface area (Å²) in [6.45, 7) is 5.14. The summed E-state index contributed by atoms with van der Waals surface area (Å²) in [7, 11) is 0.